The Morgan fingerprint density at radius 2 is 2.06 bits per heavy atom. The maximum Gasteiger partial charge on any atom is 0.318 e. The largest absolute Gasteiger partial charge is 0.467 e. The van der Waals surface area contributed by atoms with Crippen molar-refractivity contribution in [1.29, 1.82) is 0 Å². The summed E-state index contributed by atoms with van der Waals surface area (Å²) in [4.78, 5) is 19.9. The molecular weight excluding hydrogens is 417 g/mol. The van der Waals surface area contributed by atoms with Crippen LogP contribution in [0.15, 0.2) is 82.9 Å². The number of hydrogen-bond acceptors (Lipinski definition) is 5. The van der Waals surface area contributed by atoms with Gasteiger partial charge in [-0.05, 0) is 41.8 Å². The lowest BCUT2D eigenvalue weighted by Gasteiger charge is -2.22. The standard InChI is InChI=1S/C23H20FN3O3S/c24-18-6-1-7-19(13-18)30-22-17(5-2-10-25-22)14-26-23(28)27(15-20-8-3-11-29-20)16-21-9-4-12-31-21/h1-13H,14-16H2,(H,26,28). The number of hydrogen-bond donors (Lipinski definition) is 1. The minimum absolute atomic E-state index is 0.205. The van der Waals surface area contributed by atoms with Crippen molar-refractivity contribution in [1.82, 2.24) is 15.2 Å². The van der Waals surface area contributed by atoms with Crippen LogP contribution in [0.5, 0.6) is 11.6 Å². The van der Waals surface area contributed by atoms with Crippen LogP contribution in [0.3, 0.4) is 0 Å². The highest BCUT2D eigenvalue weighted by Gasteiger charge is 2.17. The first-order chi connectivity index (χ1) is 15.2. The molecule has 3 heterocycles. The van der Waals surface area contributed by atoms with Gasteiger partial charge in [0.05, 0.1) is 19.4 Å². The molecule has 0 fully saturated rings. The van der Waals surface area contributed by atoms with Gasteiger partial charge in [0, 0.05) is 29.2 Å². The van der Waals surface area contributed by atoms with Crippen LogP contribution < -0.4 is 10.1 Å². The number of urea groups is 1. The van der Waals surface area contributed by atoms with Crippen LogP contribution in [-0.4, -0.2) is 15.9 Å². The first-order valence-electron chi connectivity index (χ1n) is 9.62. The summed E-state index contributed by atoms with van der Waals surface area (Å²) in [5.41, 5.74) is 0.675. The highest BCUT2D eigenvalue weighted by molar-refractivity contribution is 7.09. The average Bonchev–Trinajstić information content (AvgIpc) is 3.47. The van der Waals surface area contributed by atoms with Crippen LogP contribution in [0.4, 0.5) is 9.18 Å². The highest BCUT2D eigenvalue weighted by atomic mass is 32.1. The van der Waals surface area contributed by atoms with Crippen LogP contribution in [0.2, 0.25) is 0 Å². The summed E-state index contributed by atoms with van der Waals surface area (Å²) in [7, 11) is 0. The van der Waals surface area contributed by atoms with Crippen molar-refractivity contribution in [2.75, 3.05) is 0 Å². The Bertz CT molecular complexity index is 1080. The van der Waals surface area contributed by atoms with Crippen molar-refractivity contribution in [3.63, 3.8) is 0 Å². The summed E-state index contributed by atoms with van der Waals surface area (Å²) in [6, 6.07) is 16.7. The van der Waals surface area contributed by atoms with E-state index in [-0.39, 0.29) is 12.6 Å². The van der Waals surface area contributed by atoms with Gasteiger partial charge in [-0.1, -0.05) is 18.2 Å². The Balaban J connectivity index is 1.44. The third kappa shape index (κ3) is 5.70. The van der Waals surface area contributed by atoms with E-state index in [2.05, 4.69) is 10.3 Å². The monoisotopic (exact) mass is 437 g/mol. The number of furan rings is 1. The molecule has 0 unspecified atom stereocenters. The summed E-state index contributed by atoms with van der Waals surface area (Å²) in [6.07, 6.45) is 3.17. The predicted molar refractivity (Wildman–Crippen MR) is 115 cm³/mol. The minimum atomic E-state index is -0.398. The Hall–Kier alpha value is -3.65. The molecule has 0 atom stereocenters. The van der Waals surface area contributed by atoms with Crippen molar-refractivity contribution < 1.29 is 18.3 Å². The lowest BCUT2D eigenvalue weighted by Crippen LogP contribution is -2.38. The molecule has 158 valence electrons. The molecule has 0 aliphatic heterocycles. The molecular formula is C23H20FN3O3S. The number of thiophene rings is 1. The lowest BCUT2D eigenvalue weighted by molar-refractivity contribution is 0.187. The van der Waals surface area contributed by atoms with Crippen LogP contribution >= 0.6 is 11.3 Å². The van der Waals surface area contributed by atoms with E-state index in [1.54, 1.807) is 59.0 Å². The fourth-order valence-electron chi connectivity index (χ4n) is 2.96. The molecule has 6 nitrogen and oxygen atoms in total. The van der Waals surface area contributed by atoms with Crippen LogP contribution in [0.1, 0.15) is 16.2 Å². The van der Waals surface area contributed by atoms with Gasteiger partial charge in [0.25, 0.3) is 0 Å². The normalized spacial score (nSPS) is 10.6. The van der Waals surface area contributed by atoms with Crippen molar-refractivity contribution in [2.45, 2.75) is 19.6 Å². The number of aromatic nitrogens is 1. The average molecular weight is 437 g/mol. The molecule has 0 saturated carbocycles. The van der Waals surface area contributed by atoms with Gasteiger partial charge in [-0.25, -0.2) is 14.2 Å². The zero-order chi connectivity index (χ0) is 21.5. The number of pyridine rings is 1. The molecule has 0 bridgehead atoms. The van der Waals surface area contributed by atoms with E-state index >= 15 is 0 Å². The van der Waals surface area contributed by atoms with Crippen LogP contribution in [0.25, 0.3) is 0 Å². The maximum atomic E-state index is 13.5. The molecule has 8 heteroatoms. The second kappa shape index (κ2) is 9.90. The van der Waals surface area contributed by atoms with Gasteiger partial charge in [-0.15, -0.1) is 11.3 Å². The summed E-state index contributed by atoms with van der Waals surface area (Å²) in [6.45, 7) is 1.01. The van der Waals surface area contributed by atoms with Crippen molar-refractivity contribution >= 4 is 17.4 Å². The minimum Gasteiger partial charge on any atom is -0.467 e. The molecule has 1 aromatic carbocycles. The molecule has 0 spiro atoms. The molecule has 0 radical (unpaired) electrons. The van der Waals surface area contributed by atoms with Gasteiger partial charge in [-0.2, -0.15) is 0 Å². The first-order valence-corrected chi connectivity index (χ1v) is 10.5. The van der Waals surface area contributed by atoms with Crippen LogP contribution in [-0.2, 0) is 19.6 Å². The molecule has 4 aromatic rings. The fraction of sp³-hybridized carbons (Fsp3) is 0.130. The van der Waals surface area contributed by atoms with E-state index in [1.807, 2.05) is 23.6 Å². The van der Waals surface area contributed by atoms with Gasteiger partial charge in [0.15, 0.2) is 0 Å². The Morgan fingerprint density at radius 1 is 1.13 bits per heavy atom. The SMILES string of the molecule is O=C(NCc1cccnc1Oc1cccc(F)c1)N(Cc1ccco1)Cc1cccs1. The van der Waals surface area contributed by atoms with E-state index < -0.39 is 5.82 Å². The fourth-order valence-corrected chi connectivity index (χ4v) is 3.68. The summed E-state index contributed by atoms with van der Waals surface area (Å²) >= 11 is 1.59. The van der Waals surface area contributed by atoms with Crippen molar-refractivity contribution in [3.05, 3.63) is 101 Å². The molecule has 0 aliphatic carbocycles. The Kier molecular flexibility index (Phi) is 6.59. The highest BCUT2D eigenvalue weighted by Crippen LogP contribution is 2.23. The quantitative estimate of drug-likeness (QED) is 0.391. The number of nitrogens with zero attached hydrogens (tertiary/aromatic N) is 2. The summed E-state index contributed by atoms with van der Waals surface area (Å²) in [5.74, 6) is 0.946. The van der Waals surface area contributed by atoms with Gasteiger partial charge in [0.1, 0.15) is 17.3 Å². The van der Waals surface area contributed by atoms with Crippen molar-refractivity contribution in [2.24, 2.45) is 0 Å². The maximum absolute atomic E-state index is 13.5. The smallest absolute Gasteiger partial charge is 0.318 e. The van der Waals surface area contributed by atoms with E-state index in [4.69, 9.17) is 9.15 Å². The molecule has 1 N–H and O–H groups in total. The van der Waals surface area contributed by atoms with Gasteiger partial charge >= 0.3 is 6.03 Å². The number of benzene rings is 1. The topological polar surface area (TPSA) is 67.6 Å². The van der Waals surface area contributed by atoms with E-state index in [0.717, 1.165) is 4.88 Å². The van der Waals surface area contributed by atoms with Gasteiger partial charge in [0.2, 0.25) is 5.88 Å². The van der Waals surface area contributed by atoms with E-state index in [9.17, 15) is 9.18 Å². The molecule has 2 amide bonds. The van der Waals surface area contributed by atoms with E-state index in [1.165, 1.54) is 12.1 Å². The lowest BCUT2D eigenvalue weighted by atomic mass is 10.2. The van der Waals surface area contributed by atoms with Crippen molar-refractivity contribution in [3.8, 4) is 11.6 Å². The number of halogens is 1. The number of nitrogens with one attached hydrogen (secondary N) is 1. The van der Waals surface area contributed by atoms with Gasteiger partial charge in [-0.3, -0.25) is 0 Å². The third-order valence-corrected chi connectivity index (χ3v) is 5.29. The number of carbonyl (C=O) groups excluding carboxylic acids is 1. The van der Waals surface area contributed by atoms with Crippen LogP contribution in [0, 0.1) is 5.82 Å². The number of ether oxygens (including phenoxy) is 1. The second-order valence-electron chi connectivity index (χ2n) is 6.70. The molecule has 0 aliphatic rings. The Morgan fingerprint density at radius 3 is 2.84 bits per heavy atom. The molecule has 4 rings (SSSR count). The first kappa shape index (κ1) is 20.6. The molecule has 31 heavy (non-hydrogen) atoms. The predicted octanol–water partition coefficient (Wildman–Crippen LogP) is 5.58. The van der Waals surface area contributed by atoms with Gasteiger partial charge < -0.3 is 19.4 Å². The number of amides is 2. The number of rotatable bonds is 8. The summed E-state index contributed by atoms with van der Waals surface area (Å²) in [5, 5.41) is 4.89. The Labute approximate surface area is 182 Å². The molecule has 3 aromatic heterocycles. The number of carbonyl (C=O) groups is 1. The third-order valence-electron chi connectivity index (χ3n) is 4.43. The second-order valence-corrected chi connectivity index (χ2v) is 7.73. The zero-order valence-electron chi connectivity index (χ0n) is 16.5. The summed E-state index contributed by atoms with van der Waals surface area (Å²) < 4.78 is 24.6. The zero-order valence-corrected chi connectivity index (χ0v) is 17.3. The molecule has 0 saturated heterocycles. The van der Waals surface area contributed by atoms with E-state index in [0.29, 0.717) is 36.0 Å².